The number of H-pyrrole nitrogens is 1. The highest BCUT2D eigenvalue weighted by Crippen LogP contribution is 2.21. The summed E-state index contributed by atoms with van der Waals surface area (Å²) in [6, 6.07) is 11.5. The molecule has 23 heavy (non-hydrogen) atoms. The van der Waals surface area contributed by atoms with Crippen LogP contribution in [-0.2, 0) is 12.6 Å². The number of carbonyl (C=O) groups is 1. The Balaban J connectivity index is 2.00. The Bertz CT molecular complexity index is 920. The van der Waals surface area contributed by atoms with Crippen LogP contribution in [0.3, 0.4) is 0 Å². The molecule has 5 nitrogen and oxygen atoms in total. The molecule has 0 aliphatic heterocycles. The van der Waals surface area contributed by atoms with Crippen molar-refractivity contribution >= 4 is 16.8 Å². The molecule has 1 aromatic carbocycles. The number of amides is 1. The summed E-state index contributed by atoms with van der Waals surface area (Å²) in [6.07, 6.45) is 3.25. The van der Waals surface area contributed by atoms with Gasteiger partial charge in [-0.05, 0) is 25.5 Å². The van der Waals surface area contributed by atoms with Gasteiger partial charge in [-0.15, -0.1) is 0 Å². The third-order valence-corrected chi connectivity index (χ3v) is 4.06. The van der Waals surface area contributed by atoms with Crippen molar-refractivity contribution in [2.24, 2.45) is 7.05 Å². The second-order valence-corrected chi connectivity index (χ2v) is 6.17. The van der Waals surface area contributed by atoms with Crippen molar-refractivity contribution in [2.75, 3.05) is 0 Å². The van der Waals surface area contributed by atoms with Crippen LogP contribution in [0.15, 0.2) is 53.6 Å². The summed E-state index contributed by atoms with van der Waals surface area (Å²) in [5.74, 6) is -0.209. The van der Waals surface area contributed by atoms with Gasteiger partial charge in [0, 0.05) is 24.8 Å². The molecule has 2 heterocycles. The van der Waals surface area contributed by atoms with Crippen LogP contribution >= 0.6 is 0 Å². The lowest BCUT2D eigenvalue weighted by Gasteiger charge is -2.27. The number of aromatic amines is 1. The van der Waals surface area contributed by atoms with Crippen LogP contribution in [-0.4, -0.2) is 15.5 Å². The highest BCUT2D eigenvalue weighted by Gasteiger charge is 2.24. The van der Waals surface area contributed by atoms with Gasteiger partial charge in [-0.25, -0.2) is 0 Å². The van der Waals surface area contributed by atoms with Gasteiger partial charge in [0.2, 0.25) is 0 Å². The van der Waals surface area contributed by atoms with Crippen LogP contribution in [0.5, 0.6) is 0 Å². The minimum Gasteiger partial charge on any atom is -0.357 e. The van der Waals surface area contributed by atoms with Crippen molar-refractivity contribution in [3.63, 3.8) is 0 Å². The molecule has 1 amide bonds. The van der Waals surface area contributed by atoms with E-state index in [0.717, 1.165) is 5.56 Å². The van der Waals surface area contributed by atoms with Gasteiger partial charge < -0.3 is 14.9 Å². The minimum absolute atomic E-state index is 0.149. The molecule has 3 aromatic rings. The first-order valence-corrected chi connectivity index (χ1v) is 7.45. The van der Waals surface area contributed by atoms with Gasteiger partial charge in [-0.3, -0.25) is 9.59 Å². The topological polar surface area (TPSA) is 66.9 Å². The monoisotopic (exact) mass is 309 g/mol. The molecule has 2 N–H and O–H groups in total. The predicted octanol–water partition coefficient (Wildman–Crippen LogP) is 2.53. The number of rotatable bonds is 3. The molecule has 0 saturated carbocycles. The highest BCUT2D eigenvalue weighted by molar-refractivity contribution is 6.06. The van der Waals surface area contributed by atoms with Crippen molar-refractivity contribution < 1.29 is 4.79 Å². The Labute approximate surface area is 134 Å². The lowest BCUT2D eigenvalue weighted by atomic mass is 9.94. The molecule has 0 unspecified atom stereocenters. The first-order valence-electron chi connectivity index (χ1n) is 7.45. The SMILES string of the molecule is Cn1cc(C(=O)NC(C)(C)c2ccccc2)c2cc[nH]c2c1=O. The third-order valence-electron chi connectivity index (χ3n) is 4.06. The lowest BCUT2D eigenvalue weighted by molar-refractivity contribution is 0.0913. The maximum atomic E-state index is 12.8. The zero-order valence-corrected chi connectivity index (χ0v) is 13.4. The molecule has 0 saturated heterocycles. The Morgan fingerprint density at radius 1 is 1.17 bits per heavy atom. The number of nitrogens with zero attached hydrogens (tertiary/aromatic N) is 1. The maximum Gasteiger partial charge on any atom is 0.274 e. The van der Waals surface area contributed by atoms with E-state index in [1.165, 1.54) is 4.57 Å². The fraction of sp³-hybridized carbons (Fsp3) is 0.222. The summed E-state index contributed by atoms with van der Waals surface area (Å²) in [6.45, 7) is 3.91. The van der Waals surface area contributed by atoms with Gasteiger partial charge >= 0.3 is 0 Å². The molecule has 0 radical (unpaired) electrons. The largest absolute Gasteiger partial charge is 0.357 e. The number of hydrogen-bond donors (Lipinski definition) is 2. The van der Waals surface area contributed by atoms with E-state index in [9.17, 15) is 9.59 Å². The predicted molar refractivity (Wildman–Crippen MR) is 90.5 cm³/mol. The normalized spacial score (nSPS) is 11.6. The Hall–Kier alpha value is -2.82. The van der Waals surface area contributed by atoms with E-state index >= 15 is 0 Å². The molecule has 0 spiro atoms. The number of hydrogen-bond acceptors (Lipinski definition) is 2. The average Bonchev–Trinajstić information content (AvgIpc) is 3.01. The molecular formula is C18H19N3O2. The highest BCUT2D eigenvalue weighted by atomic mass is 16.2. The third kappa shape index (κ3) is 2.65. The molecule has 0 aliphatic carbocycles. The van der Waals surface area contributed by atoms with E-state index in [2.05, 4.69) is 10.3 Å². The van der Waals surface area contributed by atoms with Crippen LogP contribution in [0.2, 0.25) is 0 Å². The number of aromatic nitrogens is 2. The van der Waals surface area contributed by atoms with E-state index in [4.69, 9.17) is 0 Å². The number of aryl methyl sites for hydroxylation is 1. The van der Waals surface area contributed by atoms with Gasteiger partial charge in [-0.1, -0.05) is 30.3 Å². The van der Waals surface area contributed by atoms with Crippen LogP contribution in [0.25, 0.3) is 10.9 Å². The first kappa shape index (κ1) is 15.1. The van der Waals surface area contributed by atoms with Gasteiger partial charge in [0.1, 0.15) is 5.52 Å². The van der Waals surface area contributed by atoms with E-state index < -0.39 is 5.54 Å². The quantitative estimate of drug-likeness (QED) is 0.781. The van der Waals surface area contributed by atoms with Crippen molar-refractivity contribution in [2.45, 2.75) is 19.4 Å². The molecule has 0 atom stereocenters. The fourth-order valence-corrected chi connectivity index (χ4v) is 2.73. The molecular weight excluding hydrogens is 290 g/mol. The Morgan fingerprint density at radius 2 is 1.87 bits per heavy atom. The Kier molecular flexibility index (Phi) is 3.56. The minimum atomic E-state index is -0.518. The first-order chi connectivity index (χ1) is 10.9. The Morgan fingerprint density at radius 3 is 2.57 bits per heavy atom. The van der Waals surface area contributed by atoms with Gasteiger partial charge in [0.05, 0.1) is 11.1 Å². The van der Waals surface area contributed by atoms with Crippen molar-refractivity contribution in [3.05, 3.63) is 70.3 Å². The molecule has 118 valence electrons. The van der Waals surface area contributed by atoms with E-state index in [0.29, 0.717) is 16.5 Å². The summed E-state index contributed by atoms with van der Waals surface area (Å²) in [7, 11) is 1.64. The molecule has 0 fully saturated rings. The second kappa shape index (κ2) is 5.43. The maximum absolute atomic E-state index is 12.8. The zero-order chi connectivity index (χ0) is 16.6. The average molecular weight is 309 g/mol. The summed E-state index contributed by atoms with van der Waals surface area (Å²) >= 11 is 0. The standard InChI is InChI=1S/C18H19N3O2/c1-18(2,12-7-5-4-6-8-12)20-16(22)14-11-21(3)17(23)15-13(14)9-10-19-15/h4-11,19H,1-3H3,(H,20,22). The molecule has 0 bridgehead atoms. The van der Waals surface area contributed by atoms with E-state index in [1.807, 2.05) is 44.2 Å². The van der Waals surface area contributed by atoms with E-state index in [-0.39, 0.29) is 11.5 Å². The van der Waals surface area contributed by atoms with E-state index in [1.54, 1.807) is 25.5 Å². The van der Waals surface area contributed by atoms with Gasteiger partial charge in [-0.2, -0.15) is 0 Å². The van der Waals surface area contributed by atoms with Gasteiger partial charge in [0.15, 0.2) is 0 Å². The van der Waals surface area contributed by atoms with Crippen LogP contribution in [0.1, 0.15) is 29.8 Å². The molecule has 3 rings (SSSR count). The van der Waals surface area contributed by atoms with Crippen LogP contribution in [0.4, 0.5) is 0 Å². The summed E-state index contributed by atoms with van der Waals surface area (Å²) in [5, 5.41) is 3.68. The number of pyridine rings is 1. The van der Waals surface area contributed by atoms with Crippen molar-refractivity contribution in [1.82, 2.24) is 14.9 Å². The van der Waals surface area contributed by atoms with Gasteiger partial charge in [0.25, 0.3) is 11.5 Å². The molecule has 5 heteroatoms. The second-order valence-electron chi connectivity index (χ2n) is 6.17. The number of carbonyl (C=O) groups excluding carboxylic acids is 1. The molecule has 0 aliphatic rings. The number of nitrogens with one attached hydrogen (secondary N) is 2. The lowest BCUT2D eigenvalue weighted by Crippen LogP contribution is -2.41. The number of fused-ring (bicyclic) bond motifs is 1. The van der Waals surface area contributed by atoms with Crippen LogP contribution < -0.4 is 10.9 Å². The molecule has 2 aromatic heterocycles. The summed E-state index contributed by atoms with van der Waals surface area (Å²) in [5.41, 5.74) is 1.27. The van der Waals surface area contributed by atoms with Crippen molar-refractivity contribution in [3.8, 4) is 0 Å². The fourth-order valence-electron chi connectivity index (χ4n) is 2.73. The zero-order valence-electron chi connectivity index (χ0n) is 13.4. The summed E-state index contributed by atoms with van der Waals surface area (Å²) < 4.78 is 1.42. The van der Waals surface area contributed by atoms with Crippen molar-refractivity contribution in [1.29, 1.82) is 0 Å². The summed E-state index contributed by atoms with van der Waals surface area (Å²) in [4.78, 5) is 27.7. The number of benzene rings is 1. The van der Waals surface area contributed by atoms with Crippen LogP contribution in [0, 0.1) is 0 Å². The smallest absolute Gasteiger partial charge is 0.274 e.